The number of carboxylic acid groups (broad SMARTS) is 1. The summed E-state index contributed by atoms with van der Waals surface area (Å²) in [4.78, 5) is 10.0. The number of hydrogen-bond donors (Lipinski definition) is 1. The molecule has 0 rings (SSSR count). The predicted octanol–water partition coefficient (Wildman–Crippen LogP) is 2.67. The fourth-order valence-electron chi connectivity index (χ4n) is 1.09. The van der Waals surface area contributed by atoms with Gasteiger partial charge in [0.25, 0.3) is 0 Å². The smallest absolute Gasteiger partial charge is 0.341 e. The number of carboxylic acids is 1. The van der Waals surface area contributed by atoms with Crippen molar-refractivity contribution in [1.29, 1.82) is 0 Å². The van der Waals surface area contributed by atoms with Crippen molar-refractivity contribution in [3.8, 4) is 0 Å². The van der Waals surface area contributed by atoms with Crippen LogP contribution in [0, 0.1) is 0 Å². The van der Waals surface area contributed by atoms with Gasteiger partial charge in [0, 0.05) is 0 Å². The molecule has 0 spiro atoms. The van der Waals surface area contributed by atoms with Crippen molar-refractivity contribution >= 4 is 5.97 Å². The molecule has 5 heteroatoms. The molecule has 0 aliphatic heterocycles. The van der Waals surface area contributed by atoms with Crippen molar-refractivity contribution in [1.82, 2.24) is 0 Å². The van der Waals surface area contributed by atoms with E-state index in [4.69, 9.17) is 5.11 Å². The zero-order chi connectivity index (χ0) is 11.0. The average Bonchev–Trinajstić information content (AvgIpc) is 2.16. The molecule has 14 heavy (non-hydrogen) atoms. The molecule has 0 radical (unpaired) electrons. The van der Waals surface area contributed by atoms with E-state index in [0.29, 0.717) is 25.7 Å². The van der Waals surface area contributed by atoms with Crippen LogP contribution in [0.25, 0.3) is 0 Å². The van der Waals surface area contributed by atoms with Crippen LogP contribution in [0.2, 0.25) is 0 Å². The molecule has 2 atom stereocenters. The maximum Gasteiger partial charge on any atom is 0.341 e. The molecule has 0 aromatic carbocycles. The maximum atomic E-state index is 12.7. The lowest BCUT2D eigenvalue weighted by molar-refractivity contribution is -0.145. The Kier molecular flexibility index (Phi) is 7.24. The van der Waals surface area contributed by atoms with E-state index in [1.54, 1.807) is 0 Å². The highest BCUT2D eigenvalue weighted by Crippen LogP contribution is 2.13. The van der Waals surface area contributed by atoms with Crippen LogP contribution in [-0.4, -0.2) is 30.1 Å². The molecule has 0 bridgehead atoms. The van der Waals surface area contributed by atoms with Crippen molar-refractivity contribution in [2.24, 2.45) is 0 Å². The summed E-state index contributed by atoms with van der Waals surface area (Å²) in [6.45, 7) is -0.403. The second kappa shape index (κ2) is 7.64. The number of unbranched alkanes of at least 4 members (excludes halogenated alkanes) is 3. The SMILES string of the molecule is O=C(O)C(F)C(F)CCCCCCF. The molecular weight excluding hydrogens is 197 g/mol. The minimum absolute atomic E-state index is 0.111. The van der Waals surface area contributed by atoms with Crippen molar-refractivity contribution in [2.75, 3.05) is 6.67 Å². The lowest BCUT2D eigenvalue weighted by atomic mass is 10.1. The van der Waals surface area contributed by atoms with E-state index in [-0.39, 0.29) is 6.42 Å². The summed E-state index contributed by atoms with van der Waals surface area (Å²) >= 11 is 0. The standard InChI is InChI=1S/C9H15F3O2/c10-6-4-2-1-3-5-7(11)8(12)9(13)14/h7-8H,1-6H2,(H,13,14). The molecule has 0 aromatic rings. The first-order valence-corrected chi connectivity index (χ1v) is 4.66. The predicted molar refractivity (Wildman–Crippen MR) is 46.5 cm³/mol. The summed E-state index contributed by atoms with van der Waals surface area (Å²) in [6, 6.07) is 0. The van der Waals surface area contributed by atoms with Gasteiger partial charge in [-0.2, -0.15) is 0 Å². The molecule has 0 amide bonds. The molecule has 0 aliphatic rings. The van der Waals surface area contributed by atoms with Crippen LogP contribution >= 0.6 is 0 Å². The van der Waals surface area contributed by atoms with Gasteiger partial charge in [-0.05, 0) is 12.8 Å². The zero-order valence-corrected chi connectivity index (χ0v) is 7.89. The Morgan fingerprint density at radius 2 is 1.71 bits per heavy atom. The Labute approximate surface area is 81.1 Å². The Morgan fingerprint density at radius 3 is 2.21 bits per heavy atom. The van der Waals surface area contributed by atoms with Gasteiger partial charge in [-0.25, -0.2) is 13.6 Å². The van der Waals surface area contributed by atoms with Crippen LogP contribution in [0.1, 0.15) is 32.1 Å². The van der Waals surface area contributed by atoms with E-state index in [1.165, 1.54) is 0 Å². The van der Waals surface area contributed by atoms with Gasteiger partial charge in [-0.3, -0.25) is 4.39 Å². The van der Waals surface area contributed by atoms with Gasteiger partial charge in [-0.1, -0.05) is 19.3 Å². The minimum Gasteiger partial charge on any atom is -0.479 e. The number of carbonyl (C=O) groups is 1. The van der Waals surface area contributed by atoms with E-state index in [9.17, 15) is 18.0 Å². The molecule has 0 aromatic heterocycles. The molecule has 84 valence electrons. The third-order valence-corrected chi connectivity index (χ3v) is 1.92. The van der Waals surface area contributed by atoms with E-state index in [1.807, 2.05) is 0 Å². The van der Waals surface area contributed by atoms with E-state index >= 15 is 0 Å². The third-order valence-electron chi connectivity index (χ3n) is 1.92. The molecule has 1 N–H and O–H groups in total. The lowest BCUT2D eigenvalue weighted by Crippen LogP contribution is -2.26. The number of rotatable bonds is 8. The second-order valence-electron chi connectivity index (χ2n) is 3.15. The lowest BCUT2D eigenvalue weighted by Gasteiger charge is -2.08. The zero-order valence-electron chi connectivity index (χ0n) is 7.89. The minimum atomic E-state index is -2.43. The number of halogens is 3. The summed E-state index contributed by atoms with van der Waals surface area (Å²) in [5.74, 6) is -1.76. The highest BCUT2D eigenvalue weighted by Gasteiger charge is 2.26. The largest absolute Gasteiger partial charge is 0.479 e. The van der Waals surface area contributed by atoms with Crippen LogP contribution in [-0.2, 0) is 4.79 Å². The summed E-state index contributed by atoms with van der Waals surface area (Å²) < 4.78 is 36.8. The van der Waals surface area contributed by atoms with E-state index < -0.39 is 25.0 Å². The quantitative estimate of drug-likeness (QED) is 0.628. The summed E-state index contributed by atoms with van der Waals surface area (Å²) in [5, 5.41) is 8.13. The highest BCUT2D eigenvalue weighted by atomic mass is 19.2. The fraction of sp³-hybridized carbons (Fsp3) is 0.889. The third kappa shape index (κ3) is 5.83. The number of alkyl halides is 3. The molecule has 0 heterocycles. The van der Waals surface area contributed by atoms with Crippen molar-refractivity contribution in [3.05, 3.63) is 0 Å². The topological polar surface area (TPSA) is 37.3 Å². The molecular formula is C9H15F3O2. The van der Waals surface area contributed by atoms with Gasteiger partial charge in [-0.15, -0.1) is 0 Å². The van der Waals surface area contributed by atoms with Gasteiger partial charge in [0.15, 0.2) is 0 Å². The molecule has 0 fully saturated rings. The van der Waals surface area contributed by atoms with Crippen LogP contribution in [0.15, 0.2) is 0 Å². The summed E-state index contributed by atoms with van der Waals surface area (Å²) in [6.07, 6.45) is -2.43. The fourth-order valence-corrected chi connectivity index (χ4v) is 1.09. The van der Waals surface area contributed by atoms with Crippen LogP contribution in [0.4, 0.5) is 13.2 Å². The summed E-state index contributed by atoms with van der Waals surface area (Å²) in [5.41, 5.74) is 0. The van der Waals surface area contributed by atoms with E-state index in [2.05, 4.69) is 0 Å². The Morgan fingerprint density at radius 1 is 1.14 bits per heavy atom. The molecule has 0 saturated carbocycles. The van der Waals surface area contributed by atoms with Crippen LogP contribution in [0.3, 0.4) is 0 Å². The number of hydrogen-bond acceptors (Lipinski definition) is 1. The monoisotopic (exact) mass is 212 g/mol. The second-order valence-corrected chi connectivity index (χ2v) is 3.15. The van der Waals surface area contributed by atoms with Gasteiger partial charge in [0.2, 0.25) is 6.17 Å². The normalized spacial score (nSPS) is 15.1. The van der Waals surface area contributed by atoms with Gasteiger partial charge in [0.1, 0.15) is 6.17 Å². The Bertz CT molecular complexity index is 164. The van der Waals surface area contributed by atoms with Gasteiger partial charge >= 0.3 is 5.97 Å². The first-order chi connectivity index (χ1) is 6.59. The van der Waals surface area contributed by atoms with Crippen LogP contribution < -0.4 is 0 Å². The highest BCUT2D eigenvalue weighted by molar-refractivity contribution is 5.72. The van der Waals surface area contributed by atoms with E-state index in [0.717, 1.165) is 0 Å². The number of aliphatic carboxylic acids is 1. The average molecular weight is 212 g/mol. The van der Waals surface area contributed by atoms with Crippen LogP contribution in [0.5, 0.6) is 0 Å². The Hall–Kier alpha value is -0.740. The van der Waals surface area contributed by atoms with Crippen molar-refractivity contribution in [2.45, 2.75) is 44.4 Å². The van der Waals surface area contributed by atoms with Crippen molar-refractivity contribution in [3.63, 3.8) is 0 Å². The molecule has 2 nitrogen and oxygen atoms in total. The molecule has 0 saturated heterocycles. The first-order valence-electron chi connectivity index (χ1n) is 4.66. The Balaban J connectivity index is 3.43. The molecule has 2 unspecified atom stereocenters. The molecule has 0 aliphatic carbocycles. The van der Waals surface area contributed by atoms with Crippen molar-refractivity contribution < 1.29 is 23.1 Å². The van der Waals surface area contributed by atoms with Gasteiger partial charge in [0.05, 0.1) is 6.67 Å². The summed E-state index contributed by atoms with van der Waals surface area (Å²) in [7, 11) is 0. The maximum absolute atomic E-state index is 12.7. The van der Waals surface area contributed by atoms with Gasteiger partial charge < -0.3 is 5.11 Å². The first kappa shape index (κ1) is 13.3.